The van der Waals surface area contributed by atoms with Crippen LogP contribution >= 0.6 is 0 Å². The van der Waals surface area contributed by atoms with Gasteiger partial charge in [0.2, 0.25) is 12.2 Å². The Morgan fingerprint density at radius 1 is 0.889 bits per heavy atom. The molecule has 0 aliphatic heterocycles. The maximum Gasteiger partial charge on any atom is 0.218 e. The van der Waals surface area contributed by atoms with Crippen LogP contribution in [0.1, 0.15) is 25.7 Å². The third-order valence-electron chi connectivity index (χ3n) is 1.15. The van der Waals surface area contributed by atoms with Crippen LogP contribution in [-0.2, 0) is 20.4 Å². The van der Waals surface area contributed by atoms with Crippen molar-refractivity contribution in [2.45, 2.75) is 25.7 Å². The van der Waals surface area contributed by atoms with Crippen molar-refractivity contribution in [2.24, 2.45) is 0 Å². The SMILES string of the molecule is [C+]1=CCC[C+]=CCC1.[Pd]. The predicted molar refractivity (Wildman–Crippen MR) is 34.1 cm³/mol. The van der Waals surface area contributed by atoms with Crippen LogP contribution in [-0.4, -0.2) is 0 Å². The van der Waals surface area contributed by atoms with E-state index in [2.05, 4.69) is 24.3 Å². The van der Waals surface area contributed by atoms with Crippen LogP contribution in [0.25, 0.3) is 0 Å². The molecule has 0 bridgehead atoms. The van der Waals surface area contributed by atoms with Crippen LogP contribution < -0.4 is 0 Å². The fraction of sp³-hybridized carbons (Fsp3) is 0.500. The predicted octanol–water partition coefficient (Wildman–Crippen LogP) is 2.28. The summed E-state index contributed by atoms with van der Waals surface area (Å²) < 4.78 is 0. The normalized spacial score (nSPS) is 16.0. The van der Waals surface area contributed by atoms with E-state index in [0.29, 0.717) is 0 Å². The summed E-state index contributed by atoms with van der Waals surface area (Å²) in [5.41, 5.74) is 0. The molecule has 1 rings (SSSR count). The van der Waals surface area contributed by atoms with Gasteiger partial charge >= 0.3 is 0 Å². The first kappa shape index (κ1) is 8.96. The molecule has 0 spiro atoms. The van der Waals surface area contributed by atoms with E-state index in [4.69, 9.17) is 0 Å². The van der Waals surface area contributed by atoms with Gasteiger partial charge < -0.3 is 0 Å². The Morgan fingerprint density at radius 2 is 1.33 bits per heavy atom. The summed E-state index contributed by atoms with van der Waals surface area (Å²) in [6, 6.07) is 0. The van der Waals surface area contributed by atoms with Gasteiger partial charge in [0.05, 0.1) is 12.8 Å². The van der Waals surface area contributed by atoms with Gasteiger partial charge in [-0.2, -0.15) is 0 Å². The summed E-state index contributed by atoms with van der Waals surface area (Å²) >= 11 is 0. The molecule has 0 radical (unpaired) electrons. The van der Waals surface area contributed by atoms with Crippen LogP contribution in [0.4, 0.5) is 0 Å². The molecule has 0 nitrogen and oxygen atoms in total. The summed E-state index contributed by atoms with van der Waals surface area (Å²) in [4.78, 5) is 0. The topological polar surface area (TPSA) is 0 Å². The minimum atomic E-state index is 0. The van der Waals surface area contributed by atoms with Crippen molar-refractivity contribution in [1.82, 2.24) is 0 Å². The number of hydrogen-bond donors (Lipinski definition) is 0. The van der Waals surface area contributed by atoms with Gasteiger partial charge in [-0.1, -0.05) is 0 Å². The van der Waals surface area contributed by atoms with Crippen molar-refractivity contribution < 1.29 is 20.4 Å². The van der Waals surface area contributed by atoms with Crippen LogP contribution in [0.15, 0.2) is 12.2 Å². The third-order valence-corrected chi connectivity index (χ3v) is 1.15. The fourth-order valence-electron chi connectivity index (χ4n) is 0.719. The molecule has 1 aliphatic carbocycles. The molecular weight excluding hydrogens is 203 g/mol. The zero-order chi connectivity index (χ0) is 5.66. The molecule has 0 aromatic heterocycles. The molecule has 0 unspecified atom stereocenters. The Labute approximate surface area is 70.7 Å². The van der Waals surface area contributed by atoms with Gasteiger partial charge in [-0.15, -0.1) is 0 Å². The van der Waals surface area contributed by atoms with Crippen LogP contribution in [0.3, 0.4) is 0 Å². The third kappa shape index (κ3) is 4.46. The van der Waals surface area contributed by atoms with E-state index in [1.165, 1.54) is 0 Å². The van der Waals surface area contributed by atoms with Crippen molar-refractivity contribution in [3.63, 3.8) is 0 Å². The Hall–Kier alpha value is -0.0377. The van der Waals surface area contributed by atoms with Crippen molar-refractivity contribution in [2.75, 3.05) is 0 Å². The average molecular weight is 213 g/mol. The van der Waals surface area contributed by atoms with Gasteiger partial charge in [0.25, 0.3) is 0 Å². The summed E-state index contributed by atoms with van der Waals surface area (Å²) in [6.45, 7) is 0. The molecule has 0 saturated carbocycles. The number of hydrogen-bond acceptors (Lipinski definition) is 0. The Bertz CT molecular complexity index is 77.1. The van der Waals surface area contributed by atoms with E-state index in [9.17, 15) is 0 Å². The van der Waals surface area contributed by atoms with E-state index >= 15 is 0 Å². The first-order valence-corrected chi connectivity index (χ1v) is 3.10. The molecule has 0 heterocycles. The average Bonchev–Trinajstić information content (AvgIpc) is 1.62. The first-order valence-electron chi connectivity index (χ1n) is 3.10. The molecule has 0 atom stereocenters. The number of rotatable bonds is 0. The van der Waals surface area contributed by atoms with Gasteiger partial charge in [0, 0.05) is 20.4 Å². The number of allylic oxidation sites excluding steroid dienone is 4. The van der Waals surface area contributed by atoms with E-state index in [-0.39, 0.29) is 20.4 Å². The molecule has 0 aromatic rings. The Balaban J connectivity index is 0.000000640. The molecule has 0 aromatic carbocycles. The molecule has 0 amide bonds. The monoisotopic (exact) mass is 212 g/mol. The first-order chi connectivity index (χ1) is 4.00. The summed E-state index contributed by atoms with van der Waals surface area (Å²) in [5.74, 6) is 0. The standard InChI is InChI=1S/C8H10.Pd/c1-2-4-6-8-7-5-3-1;/h1,8H,2,4-5,7H2;/q+2;. The minimum absolute atomic E-state index is 0. The maximum absolute atomic E-state index is 3.19. The second-order valence-electron chi connectivity index (χ2n) is 1.89. The molecular formula is C8H10Pd+2. The van der Waals surface area contributed by atoms with Gasteiger partial charge in [0.15, 0.2) is 25.0 Å². The summed E-state index contributed by atoms with van der Waals surface area (Å²) in [5, 5.41) is 0. The second kappa shape index (κ2) is 6.09. The molecule has 9 heavy (non-hydrogen) atoms. The van der Waals surface area contributed by atoms with Crippen molar-refractivity contribution in [1.29, 1.82) is 0 Å². The van der Waals surface area contributed by atoms with Crippen molar-refractivity contribution in [3.05, 3.63) is 24.3 Å². The molecule has 1 aliphatic rings. The largest absolute Gasteiger partial charge is 0.218 e. The van der Waals surface area contributed by atoms with E-state index in [0.717, 1.165) is 25.7 Å². The summed E-state index contributed by atoms with van der Waals surface area (Å²) in [7, 11) is 0. The Morgan fingerprint density at radius 3 is 1.78 bits per heavy atom. The zero-order valence-electron chi connectivity index (χ0n) is 5.30. The molecule has 50 valence electrons. The molecule has 0 saturated heterocycles. The Kier molecular flexibility index (Phi) is 6.06. The van der Waals surface area contributed by atoms with Crippen LogP contribution in [0.5, 0.6) is 0 Å². The van der Waals surface area contributed by atoms with Crippen LogP contribution in [0, 0.1) is 12.2 Å². The van der Waals surface area contributed by atoms with Crippen molar-refractivity contribution >= 4 is 0 Å². The quantitative estimate of drug-likeness (QED) is 0.427. The second-order valence-corrected chi connectivity index (χ2v) is 1.89. The van der Waals surface area contributed by atoms with E-state index in [1.807, 2.05) is 0 Å². The van der Waals surface area contributed by atoms with Crippen LogP contribution in [0.2, 0.25) is 0 Å². The molecule has 0 fully saturated rings. The van der Waals surface area contributed by atoms with Crippen molar-refractivity contribution in [3.8, 4) is 0 Å². The molecule has 0 N–H and O–H groups in total. The molecule has 1 heteroatoms. The van der Waals surface area contributed by atoms with Gasteiger partial charge in [-0.05, 0) is 0 Å². The fourth-order valence-corrected chi connectivity index (χ4v) is 0.719. The maximum atomic E-state index is 3.19. The van der Waals surface area contributed by atoms with E-state index in [1.54, 1.807) is 0 Å². The summed E-state index contributed by atoms with van der Waals surface area (Å²) in [6.07, 6.45) is 15.0. The van der Waals surface area contributed by atoms with Gasteiger partial charge in [0.1, 0.15) is 0 Å². The zero-order valence-corrected chi connectivity index (χ0v) is 6.85. The van der Waals surface area contributed by atoms with Gasteiger partial charge in [-0.3, -0.25) is 0 Å². The minimum Gasteiger partial charge on any atom is 0 e. The smallest absolute Gasteiger partial charge is 0 e. The van der Waals surface area contributed by atoms with E-state index < -0.39 is 0 Å². The van der Waals surface area contributed by atoms with Gasteiger partial charge in [-0.25, -0.2) is 0 Å².